The van der Waals surface area contributed by atoms with E-state index in [2.05, 4.69) is 12.5 Å². The van der Waals surface area contributed by atoms with Crippen molar-refractivity contribution < 1.29 is 61.3 Å². The van der Waals surface area contributed by atoms with Crippen molar-refractivity contribution in [2.24, 2.45) is 0 Å². The van der Waals surface area contributed by atoms with Crippen LogP contribution in [0.4, 0.5) is 0 Å². The summed E-state index contributed by atoms with van der Waals surface area (Å²) in [6.07, 6.45) is -7.97. The average molecular weight is 404 g/mol. The Morgan fingerprint density at radius 1 is 0.826 bits per heavy atom. The van der Waals surface area contributed by atoms with Crippen molar-refractivity contribution in [2.75, 3.05) is 13.2 Å². The Morgan fingerprint density at radius 3 is 1.65 bits per heavy atom. The van der Waals surface area contributed by atoms with E-state index in [1.807, 2.05) is 0 Å². The molecule has 0 aliphatic carbocycles. The maximum Gasteiger partial charge on any atom is 0.397 e. The predicted molar refractivity (Wildman–Crippen MR) is 66.1 cm³/mol. The van der Waals surface area contributed by atoms with Crippen LogP contribution in [0.2, 0.25) is 0 Å². The topological polar surface area (TPSA) is 220 Å². The smallest absolute Gasteiger partial charge is 0.394 e. The highest BCUT2D eigenvalue weighted by Gasteiger charge is 2.48. The van der Waals surface area contributed by atoms with Crippen LogP contribution < -0.4 is 0 Å². The molecule has 0 bridgehead atoms. The molecule has 23 heavy (non-hydrogen) atoms. The van der Waals surface area contributed by atoms with E-state index < -0.39 is 68.8 Å². The molecule has 1 rings (SSSR count). The predicted octanol–water partition coefficient (Wildman–Crippen LogP) is -3.06. The van der Waals surface area contributed by atoms with E-state index in [4.69, 9.17) is 23.5 Å². The molecule has 4 N–H and O–H groups in total. The standard InChI is InChI=1S/C6H12O14S3/c7-1-3-5(19-22(11,12)13)6(20-23(14,15)16)4(2-17-3)18-21(8,9)10/h3-7H,1-2H2,(H,8,9,10)(H,11,12,13)(H,14,15,16). The fourth-order valence-corrected chi connectivity index (χ4v) is 3.25. The zero-order valence-electron chi connectivity index (χ0n) is 10.8. The Hall–Kier alpha value is -0.470. The van der Waals surface area contributed by atoms with E-state index in [0.717, 1.165) is 0 Å². The van der Waals surface area contributed by atoms with Crippen LogP contribution in [-0.4, -0.2) is 81.6 Å². The van der Waals surface area contributed by atoms with Gasteiger partial charge in [0.1, 0.15) is 24.4 Å². The van der Waals surface area contributed by atoms with Gasteiger partial charge in [0.2, 0.25) is 0 Å². The highest BCUT2D eigenvalue weighted by Crippen LogP contribution is 2.26. The van der Waals surface area contributed by atoms with Crippen LogP contribution in [0.15, 0.2) is 0 Å². The maximum atomic E-state index is 10.8. The molecule has 17 heteroatoms. The van der Waals surface area contributed by atoms with E-state index in [1.165, 1.54) is 0 Å². The second-order valence-corrected chi connectivity index (χ2v) is 7.24. The SMILES string of the molecule is O=S(=O)(O)OC1COC(CO)C(OS(=O)(=O)O)C1OS(=O)(=O)O. The molecular weight excluding hydrogens is 392 g/mol. The molecule has 0 saturated carbocycles. The summed E-state index contributed by atoms with van der Waals surface area (Å²) in [7, 11) is -15.7. The largest absolute Gasteiger partial charge is 0.397 e. The molecular formula is C6H12O14S3. The van der Waals surface area contributed by atoms with Crippen molar-refractivity contribution in [3.05, 3.63) is 0 Å². The first-order valence-electron chi connectivity index (χ1n) is 5.41. The fraction of sp³-hybridized carbons (Fsp3) is 1.00. The summed E-state index contributed by atoms with van der Waals surface area (Å²) >= 11 is 0. The Labute approximate surface area is 130 Å². The molecule has 4 atom stereocenters. The summed E-state index contributed by atoms with van der Waals surface area (Å²) in [5, 5.41) is 9.04. The molecule has 14 nitrogen and oxygen atoms in total. The van der Waals surface area contributed by atoms with Crippen molar-refractivity contribution in [3.8, 4) is 0 Å². The molecule has 0 amide bonds. The molecule has 0 spiro atoms. The third-order valence-electron chi connectivity index (χ3n) is 2.42. The zero-order chi connectivity index (χ0) is 18.1. The van der Waals surface area contributed by atoms with Gasteiger partial charge < -0.3 is 9.84 Å². The first-order chi connectivity index (χ1) is 10.2. The van der Waals surface area contributed by atoms with Crippen molar-refractivity contribution in [2.45, 2.75) is 24.4 Å². The second kappa shape index (κ2) is 7.19. The summed E-state index contributed by atoms with van der Waals surface area (Å²) in [5.41, 5.74) is 0. The van der Waals surface area contributed by atoms with Crippen LogP contribution >= 0.6 is 0 Å². The molecule has 1 aliphatic heterocycles. The molecule has 1 aliphatic rings. The lowest BCUT2D eigenvalue weighted by atomic mass is 10.0. The summed E-state index contributed by atoms with van der Waals surface area (Å²) in [6, 6.07) is 0. The first kappa shape index (κ1) is 20.6. The van der Waals surface area contributed by atoms with Gasteiger partial charge in [-0.05, 0) is 0 Å². The number of aliphatic hydroxyl groups is 1. The van der Waals surface area contributed by atoms with Crippen molar-refractivity contribution in [3.63, 3.8) is 0 Å². The van der Waals surface area contributed by atoms with E-state index in [0.29, 0.717) is 0 Å². The Morgan fingerprint density at radius 2 is 1.26 bits per heavy atom. The second-order valence-electron chi connectivity index (χ2n) is 4.09. The molecule has 0 radical (unpaired) electrons. The number of hydrogen-bond donors (Lipinski definition) is 4. The van der Waals surface area contributed by atoms with Crippen LogP contribution in [0.1, 0.15) is 0 Å². The Balaban J connectivity index is 3.23. The van der Waals surface area contributed by atoms with E-state index in [9.17, 15) is 25.3 Å². The lowest BCUT2D eigenvalue weighted by Gasteiger charge is -2.38. The van der Waals surface area contributed by atoms with Crippen LogP contribution in [0.5, 0.6) is 0 Å². The third kappa shape index (κ3) is 7.30. The minimum absolute atomic E-state index is 0.809. The van der Waals surface area contributed by atoms with Gasteiger partial charge in [-0.3, -0.25) is 13.7 Å². The fourth-order valence-electron chi connectivity index (χ4n) is 1.74. The molecule has 0 aromatic heterocycles. The van der Waals surface area contributed by atoms with Gasteiger partial charge in [0.25, 0.3) is 0 Å². The summed E-state index contributed by atoms with van der Waals surface area (Å²) in [4.78, 5) is 0. The normalized spacial score (nSPS) is 30.3. The highest BCUT2D eigenvalue weighted by molar-refractivity contribution is 7.81. The van der Waals surface area contributed by atoms with Gasteiger partial charge in [0, 0.05) is 0 Å². The summed E-state index contributed by atoms with van der Waals surface area (Å²) in [6.45, 7) is -1.78. The quantitative estimate of drug-likeness (QED) is 0.309. The Bertz CT molecular complexity index is 706. The van der Waals surface area contributed by atoms with E-state index >= 15 is 0 Å². The van der Waals surface area contributed by atoms with Crippen LogP contribution in [0.3, 0.4) is 0 Å². The zero-order valence-corrected chi connectivity index (χ0v) is 13.3. The maximum absolute atomic E-state index is 10.8. The molecule has 0 aromatic rings. The lowest BCUT2D eigenvalue weighted by molar-refractivity contribution is -0.173. The van der Waals surface area contributed by atoms with Gasteiger partial charge in [-0.25, -0.2) is 12.5 Å². The first-order valence-corrected chi connectivity index (χ1v) is 9.51. The number of aliphatic hydroxyl groups excluding tert-OH is 1. The van der Waals surface area contributed by atoms with Crippen molar-refractivity contribution in [1.29, 1.82) is 0 Å². The lowest BCUT2D eigenvalue weighted by Crippen LogP contribution is -2.58. The summed E-state index contributed by atoms with van der Waals surface area (Å²) in [5.74, 6) is 0. The van der Waals surface area contributed by atoms with Gasteiger partial charge in [-0.15, -0.1) is 0 Å². The monoisotopic (exact) mass is 404 g/mol. The Kier molecular flexibility index (Phi) is 6.43. The van der Waals surface area contributed by atoms with E-state index in [1.54, 1.807) is 0 Å². The van der Waals surface area contributed by atoms with Gasteiger partial charge in [0.15, 0.2) is 0 Å². The minimum Gasteiger partial charge on any atom is -0.394 e. The van der Waals surface area contributed by atoms with Gasteiger partial charge in [-0.2, -0.15) is 25.3 Å². The average Bonchev–Trinajstić information content (AvgIpc) is 2.28. The molecule has 4 unspecified atom stereocenters. The highest BCUT2D eigenvalue weighted by atomic mass is 32.3. The van der Waals surface area contributed by atoms with Crippen LogP contribution in [0.25, 0.3) is 0 Å². The van der Waals surface area contributed by atoms with Gasteiger partial charge in [0.05, 0.1) is 13.2 Å². The molecule has 1 saturated heterocycles. The minimum atomic E-state index is -5.28. The number of rotatable bonds is 7. The number of ether oxygens (including phenoxy) is 1. The van der Waals surface area contributed by atoms with Gasteiger partial charge in [-0.1, -0.05) is 0 Å². The molecule has 1 fully saturated rings. The van der Waals surface area contributed by atoms with Crippen LogP contribution in [-0.2, 0) is 48.5 Å². The number of hydrogen-bond acceptors (Lipinski definition) is 11. The van der Waals surface area contributed by atoms with Crippen molar-refractivity contribution in [1.82, 2.24) is 0 Å². The van der Waals surface area contributed by atoms with Crippen molar-refractivity contribution >= 4 is 31.2 Å². The summed E-state index contributed by atoms with van der Waals surface area (Å²) < 4.78 is 107. The van der Waals surface area contributed by atoms with Crippen LogP contribution in [0, 0.1) is 0 Å². The third-order valence-corrected chi connectivity index (χ3v) is 3.84. The van der Waals surface area contributed by atoms with Gasteiger partial charge >= 0.3 is 31.2 Å². The van der Waals surface area contributed by atoms with E-state index in [-0.39, 0.29) is 0 Å². The molecule has 1 heterocycles. The molecule has 138 valence electrons. The molecule has 0 aromatic carbocycles.